The molecule has 0 aromatic heterocycles. The summed E-state index contributed by atoms with van der Waals surface area (Å²) < 4.78 is 0. The normalized spacial score (nSPS) is 16.2. The maximum absolute atomic E-state index is 10.2. The highest BCUT2D eigenvalue weighted by Gasteiger charge is 2.04. The fourth-order valence-corrected chi connectivity index (χ4v) is 0.281. The lowest BCUT2D eigenvalue weighted by Gasteiger charge is -2.08. The standard InChI is InChI=1S/C5H12O2.C5H10O2/c2*1-4(3-6)5(2)7/h4-7H,3H2,1-2H3;4,6H,3H2,1-2H3. The van der Waals surface area contributed by atoms with E-state index >= 15 is 0 Å². The van der Waals surface area contributed by atoms with Gasteiger partial charge >= 0.3 is 0 Å². The van der Waals surface area contributed by atoms with E-state index in [0.717, 1.165) is 0 Å². The lowest BCUT2D eigenvalue weighted by molar-refractivity contribution is -0.121. The fraction of sp³-hybridized carbons (Fsp3) is 0.900. The largest absolute Gasteiger partial charge is 0.396 e. The van der Waals surface area contributed by atoms with E-state index < -0.39 is 0 Å². The highest BCUT2D eigenvalue weighted by molar-refractivity contribution is 5.77. The van der Waals surface area contributed by atoms with Gasteiger partial charge in [-0.25, -0.2) is 0 Å². The molecule has 3 unspecified atom stereocenters. The van der Waals surface area contributed by atoms with Gasteiger partial charge in [-0.15, -0.1) is 0 Å². The van der Waals surface area contributed by atoms with Crippen LogP contribution >= 0.6 is 0 Å². The molecule has 0 aliphatic rings. The average Bonchev–Trinajstić information content (AvgIpc) is 2.15. The smallest absolute Gasteiger partial charge is 0.134 e. The highest BCUT2D eigenvalue weighted by atomic mass is 16.3. The number of ketones is 1. The van der Waals surface area contributed by atoms with Crippen molar-refractivity contribution in [1.82, 2.24) is 0 Å². The van der Waals surface area contributed by atoms with E-state index in [1.54, 1.807) is 20.8 Å². The van der Waals surface area contributed by atoms with Gasteiger partial charge in [-0.3, -0.25) is 4.79 Å². The minimum Gasteiger partial charge on any atom is -0.396 e. The molecule has 0 aromatic carbocycles. The first-order valence-electron chi connectivity index (χ1n) is 4.77. The van der Waals surface area contributed by atoms with Crippen LogP contribution in [-0.4, -0.2) is 40.4 Å². The van der Waals surface area contributed by atoms with Gasteiger partial charge in [0.2, 0.25) is 0 Å². The summed E-state index contributed by atoms with van der Waals surface area (Å²) in [6, 6.07) is 0. The molecule has 86 valence electrons. The van der Waals surface area contributed by atoms with E-state index in [-0.39, 0.29) is 36.9 Å². The Kier molecular flexibility index (Phi) is 10.4. The van der Waals surface area contributed by atoms with Crippen molar-refractivity contribution in [2.45, 2.75) is 33.8 Å². The first-order valence-corrected chi connectivity index (χ1v) is 4.77. The molecule has 0 aliphatic heterocycles. The average molecular weight is 206 g/mol. The number of Topliss-reactive ketones (excluding diaryl/α,β-unsaturated/α-hetero) is 1. The molecule has 0 saturated carbocycles. The third-order valence-corrected chi connectivity index (χ3v) is 2.08. The Balaban J connectivity index is 0. The van der Waals surface area contributed by atoms with Gasteiger partial charge in [-0.2, -0.15) is 0 Å². The van der Waals surface area contributed by atoms with Crippen molar-refractivity contribution in [1.29, 1.82) is 0 Å². The first kappa shape index (κ1) is 16.0. The Morgan fingerprint density at radius 1 is 1.14 bits per heavy atom. The summed E-state index contributed by atoms with van der Waals surface area (Å²) in [4.78, 5) is 10.2. The van der Waals surface area contributed by atoms with Gasteiger partial charge in [0, 0.05) is 18.4 Å². The monoisotopic (exact) mass is 206 g/mol. The van der Waals surface area contributed by atoms with Crippen LogP contribution in [0.5, 0.6) is 0 Å². The molecule has 0 fully saturated rings. The number of hydrogen-bond donors (Lipinski definition) is 3. The number of aliphatic hydroxyl groups is 3. The third kappa shape index (κ3) is 9.64. The van der Waals surface area contributed by atoms with Crippen LogP contribution in [0.4, 0.5) is 0 Å². The van der Waals surface area contributed by atoms with Gasteiger partial charge < -0.3 is 15.3 Å². The lowest BCUT2D eigenvalue weighted by atomic mass is 10.1. The van der Waals surface area contributed by atoms with Crippen molar-refractivity contribution in [3.8, 4) is 0 Å². The van der Waals surface area contributed by atoms with E-state index in [4.69, 9.17) is 15.3 Å². The van der Waals surface area contributed by atoms with Gasteiger partial charge in [-0.1, -0.05) is 13.8 Å². The Labute approximate surface area is 85.6 Å². The van der Waals surface area contributed by atoms with Crippen molar-refractivity contribution in [2.75, 3.05) is 13.2 Å². The number of aliphatic hydroxyl groups excluding tert-OH is 3. The number of carbonyl (C=O) groups is 1. The molecule has 4 nitrogen and oxygen atoms in total. The van der Waals surface area contributed by atoms with Crippen LogP contribution in [0.1, 0.15) is 27.7 Å². The first-order chi connectivity index (χ1) is 6.36. The van der Waals surface area contributed by atoms with Crippen LogP contribution in [-0.2, 0) is 4.79 Å². The molecular weight excluding hydrogens is 184 g/mol. The molecule has 0 aliphatic carbocycles. The molecule has 0 rings (SSSR count). The van der Waals surface area contributed by atoms with E-state index in [1.165, 1.54) is 6.92 Å². The minimum atomic E-state index is -0.384. The zero-order chi connectivity index (χ0) is 11.7. The summed E-state index contributed by atoms with van der Waals surface area (Å²) in [7, 11) is 0. The van der Waals surface area contributed by atoms with Gasteiger partial charge in [0.25, 0.3) is 0 Å². The molecule has 4 heteroatoms. The molecule has 0 spiro atoms. The maximum atomic E-state index is 10.2. The van der Waals surface area contributed by atoms with Gasteiger partial charge in [0.15, 0.2) is 0 Å². The van der Waals surface area contributed by atoms with E-state index in [2.05, 4.69) is 0 Å². The van der Waals surface area contributed by atoms with Crippen LogP contribution in [0, 0.1) is 11.8 Å². The molecule has 3 atom stereocenters. The third-order valence-electron chi connectivity index (χ3n) is 2.08. The minimum absolute atomic E-state index is 0.0139. The molecule has 0 heterocycles. The van der Waals surface area contributed by atoms with Crippen LogP contribution in [0.15, 0.2) is 0 Å². The zero-order valence-corrected chi connectivity index (χ0v) is 9.40. The topological polar surface area (TPSA) is 77.8 Å². The fourth-order valence-electron chi connectivity index (χ4n) is 0.281. The van der Waals surface area contributed by atoms with Crippen LogP contribution < -0.4 is 0 Å². The summed E-state index contributed by atoms with van der Waals surface area (Å²) in [6.07, 6.45) is -0.384. The van der Waals surface area contributed by atoms with E-state index in [9.17, 15) is 4.79 Å². The summed E-state index contributed by atoms with van der Waals surface area (Å²) in [5.74, 6) is -0.123. The van der Waals surface area contributed by atoms with Crippen molar-refractivity contribution in [3.05, 3.63) is 0 Å². The van der Waals surface area contributed by atoms with Crippen LogP contribution in [0.25, 0.3) is 0 Å². The summed E-state index contributed by atoms with van der Waals surface area (Å²) in [6.45, 7) is 6.67. The van der Waals surface area contributed by atoms with Crippen molar-refractivity contribution >= 4 is 5.78 Å². The SMILES string of the molecule is CC(=O)C(C)CO.CC(O)C(C)CO. The molecule has 14 heavy (non-hydrogen) atoms. The van der Waals surface area contributed by atoms with Crippen LogP contribution in [0.3, 0.4) is 0 Å². The van der Waals surface area contributed by atoms with Gasteiger partial charge in [-0.05, 0) is 13.8 Å². The molecule has 0 aromatic rings. The summed E-state index contributed by atoms with van der Waals surface area (Å²) in [5, 5.41) is 25.3. The van der Waals surface area contributed by atoms with E-state index in [1.807, 2.05) is 0 Å². The van der Waals surface area contributed by atoms with Gasteiger partial charge in [0.1, 0.15) is 5.78 Å². The predicted octanol–water partition coefficient (Wildman–Crippen LogP) is 0.199. The Hall–Kier alpha value is -0.450. The molecule has 3 N–H and O–H groups in total. The van der Waals surface area contributed by atoms with Crippen molar-refractivity contribution < 1.29 is 20.1 Å². The second-order valence-electron chi connectivity index (χ2n) is 3.59. The Bertz CT molecular complexity index is 145. The molecule has 0 amide bonds. The maximum Gasteiger partial charge on any atom is 0.134 e. The Morgan fingerprint density at radius 3 is 1.57 bits per heavy atom. The van der Waals surface area contributed by atoms with Crippen molar-refractivity contribution in [3.63, 3.8) is 0 Å². The summed E-state index contributed by atoms with van der Waals surface area (Å²) >= 11 is 0. The molecule has 0 radical (unpaired) electrons. The summed E-state index contributed by atoms with van der Waals surface area (Å²) in [5.41, 5.74) is 0. The predicted molar refractivity (Wildman–Crippen MR) is 54.9 cm³/mol. The van der Waals surface area contributed by atoms with Crippen molar-refractivity contribution in [2.24, 2.45) is 11.8 Å². The molecular formula is C10H22O4. The second-order valence-corrected chi connectivity index (χ2v) is 3.59. The van der Waals surface area contributed by atoms with E-state index in [0.29, 0.717) is 0 Å². The van der Waals surface area contributed by atoms with Gasteiger partial charge in [0.05, 0.1) is 12.7 Å². The molecule has 0 saturated heterocycles. The number of rotatable bonds is 4. The molecule has 0 bridgehead atoms. The highest BCUT2D eigenvalue weighted by Crippen LogP contribution is 1.97. The zero-order valence-electron chi connectivity index (χ0n) is 9.40. The quantitative estimate of drug-likeness (QED) is 0.614. The lowest BCUT2D eigenvalue weighted by Crippen LogP contribution is -2.16. The number of hydrogen-bond acceptors (Lipinski definition) is 4. The second kappa shape index (κ2) is 9.12. The number of carbonyl (C=O) groups excluding carboxylic acids is 1. The Morgan fingerprint density at radius 2 is 1.57 bits per heavy atom. The van der Waals surface area contributed by atoms with Crippen LogP contribution in [0.2, 0.25) is 0 Å².